The largest absolute Gasteiger partial charge is 0.351 e. The normalized spacial score (nSPS) is 16.9. The van der Waals surface area contributed by atoms with Crippen molar-refractivity contribution in [3.8, 4) is 0 Å². The molecule has 0 radical (unpaired) electrons. The summed E-state index contributed by atoms with van der Waals surface area (Å²) >= 11 is 17.5. The van der Waals surface area contributed by atoms with Gasteiger partial charge in [0.15, 0.2) is 5.11 Å². The monoisotopic (exact) mass is 391 g/mol. The van der Waals surface area contributed by atoms with Crippen molar-refractivity contribution in [1.82, 2.24) is 10.6 Å². The number of carbonyl (C=O) groups is 1. The van der Waals surface area contributed by atoms with Crippen LogP contribution < -0.4 is 16.0 Å². The molecule has 1 aliphatic heterocycles. The van der Waals surface area contributed by atoms with Crippen molar-refractivity contribution < 1.29 is 4.79 Å². The molecule has 0 spiro atoms. The Balaban J connectivity index is 1.97. The Morgan fingerprint density at radius 3 is 2.64 bits per heavy atom. The first-order valence-electron chi connectivity index (χ1n) is 7.55. The Morgan fingerprint density at radius 2 is 1.92 bits per heavy atom. The number of allylic oxidation sites excluding steroid dienone is 1. The highest BCUT2D eigenvalue weighted by Gasteiger charge is 2.30. The van der Waals surface area contributed by atoms with Crippen LogP contribution in [0.25, 0.3) is 0 Å². The van der Waals surface area contributed by atoms with Gasteiger partial charge >= 0.3 is 0 Å². The van der Waals surface area contributed by atoms with Crippen molar-refractivity contribution in [2.75, 3.05) is 5.32 Å². The maximum atomic E-state index is 12.9. The van der Waals surface area contributed by atoms with Crippen molar-refractivity contribution in [2.24, 2.45) is 0 Å². The van der Waals surface area contributed by atoms with Gasteiger partial charge in [-0.05, 0) is 49.0 Å². The van der Waals surface area contributed by atoms with Gasteiger partial charge in [0.2, 0.25) is 0 Å². The number of amides is 1. The van der Waals surface area contributed by atoms with Crippen LogP contribution in [0.1, 0.15) is 18.5 Å². The van der Waals surface area contributed by atoms with Crippen LogP contribution in [0.4, 0.5) is 5.69 Å². The first kappa shape index (κ1) is 17.7. The number of anilines is 1. The number of carbonyl (C=O) groups excluding carboxylic acids is 1. The van der Waals surface area contributed by atoms with Gasteiger partial charge in [-0.1, -0.05) is 47.5 Å². The van der Waals surface area contributed by atoms with E-state index in [4.69, 9.17) is 35.4 Å². The first-order chi connectivity index (χ1) is 12.0. The number of nitrogens with one attached hydrogen (secondary N) is 3. The lowest BCUT2D eigenvalue weighted by atomic mass is 9.95. The van der Waals surface area contributed by atoms with Gasteiger partial charge in [-0.2, -0.15) is 0 Å². The highest BCUT2D eigenvalue weighted by molar-refractivity contribution is 7.80. The highest BCUT2D eigenvalue weighted by Crippen LogP contribution is 2.30. The van der Waals surface area contributed by atoms with Gasteiger partial charge in [0.25, 0.3) is 5.91 Å². The summed E-state index contributed by atoms with van der Waals surface area (Å²) in [6, 6.07) is 14.0. The van der Waals surface area contributed by atoms with E-state index in [1.54, 1.807) is 24.3 Å². The third-order valence-electron chi connectivity index (χ3n) is 3.82. The van der Waals surface area contributed by atoms with Crippen LogP contribution in [0.5, 0.6) is 0 Å². The van der Waals surface area contributed by atoms with E-state index in [-0.39, 0.29) is 5.91 Å². The second kappa shape index (κ2) is 7.44. The molecule has 7 heteroatoms. The van der Waals surface area contributed by atoms with Gasteiger partial charge in [-0.15, -0.1) is 0 Å². The maximum Gasteiger partial charge on any atom is 0.255 e. The second-order valence-electron chi connectivity index (χ2n) is 5.56. The van der Waals surface area contributed by atoms with Crippen molar-refractivity contribution in [1.29, 1.82) is 0 Å². The fourth-order valence-corrected chi connectivity index (χ4v) is 3.34. The zero-order chi connectivity index (χ0) is 18.0. The summed E-state index contributed by atoms with van der Waals surface area (Å²) in [5.74, 6) is -0.266. The molecule has 3 rings (SSSR count). The minimum Gasteiger partial charge on any atom is -0.351 e. The zero-order valence-corrected chi connectivity index (χ0v) is 15.6. The predicted molar refractivity (Wildman–Crippen MR) is 106 cm³/mol. The lowest BCUT2D eigenvalue weighted by Gasteiger charge is -2.30. The summed E-state index contributed by atoms with van der Waals surface area (Å²) < 4.78 is 0. The van der Waals surface area contributed by atoms with E-state index in [1.165, 1.54) is 0 Å². The lowest BCUT2D eigenvalue weighted by molar-refractivity contribution is -0.113. The molecule has 2 aromatic carbocycles. The average Bonchev–Trinajstić information content (AvgIpc) is 2.56. The van der Waals surface area contributed by atoms with E-state index in [0.29, 0.717) is 32.1 Å². The molecule has 2 aromatic rings. The summed E-state index contributed by atoms with van der Waals surface area (Å²) in [4.78, 5) is 12.9. The molecule has 1 heterocycles. The van der Waals surface area contributed by atoms with E-state index < -0.39 is 6.04 Å². The Labute approximate surface area is 161 Å². The molecule has 4 nitrogen and oxygen atoms in total. The highest BCUT2D eigenvalue weighted by atomic mass is 35.5. The second-order valence-corrected chi connectivity index (χ2v) is 6.81. The fourth-order valence-electron chi connectivity index (χ4n) is 2.68. The molecular weight excluding hydrogens is 377 g/mol. The summed E-state index contributed by atoms with van der Waals surface area (Å²) in [6.07, 6.45) is 0. The van der Waals surface area contributed by atoms with Gasteiger partial charge in [0.1, 0.15) is 0 Å². The molecule has 0 fully saturated rings. The fraction of sp³-hybridized carbons (Fsp3) is 0.111. The number of thiocarbonyl (C=S) groups is 1. The number of rotatable bonds is 3. The Bertz CT molecular complexity index is 882. The summed E-state index contributed by atoms with van der Waals surface area (Å²) in [5, 5.41) is 10.5. The van der Waals surface area contributed by atoms with Gasteiger partial charge < -0.3 is 16.0 Å². The molecule has 1 atom stereocenters. The standard InChI is InChI=1S/C18H15Cl2N3OS/c1-10-15(17(24)22-14-8-3-2-7-13(14)20)16(23-18(25)21-10)11-5-4-6-12(19)9-11/h2-9,16H,1H3,(H,22,24)(H2,21,23,25)/t16-/m0/s1. The van der Waals surface area contributed by atoms with E-state index in [1.807, 2.05) is 31.2 Å². The molecule has 0 bridgehead atoms. The Kier molecular flexibility index (Phi) is 5.27. The van der Waals surface area contributed by atoms with E-state index in [9.17, 15) is 4.79 Å². The van der Waals surface area contributed by atoms with E-state index >= 15 is 0 Å². The van der Waals surface area contributed by atoms with Crippen molar-refractivity contribution in [3.05, 3.63) is 75.4 Å². The summed E-state index contributed by atoms with van der Waals surface area (Å²) in [7, 11) is 0. The third-order valence-corrected chi connectivity index (χ3v) is 4.60. The number of halogens is 2. The average molecular weight is 392 g/mol. The van der Waals surface area contributed by atoms with E-state index in [2.05, 4.69) is 16.0 Å². The van der Waals surface area contributed by atoms with Gasteiger partial charge in [0, 0.05) is 10.7 Å². The Hall–Kier alpha value is -2.08. The van der Waals surface area contributed by atoms with Crippen LogP contribution in [0.2, 0.25) is 10.0 Å². The summed E-state index contributed by atoms with van der Waals surface area (Å²) in [6.45, 7) is 1.81. The van der Waals surface area contributed by atoms with Crippen molar-refractivity contribution in [3.63, 3.8) is 0 Å². The molecule has 1 aliphatic rings. The van der Waals surface area contributed by atoms with Crippen molar-refractivity contribution in [2.45, 2.75) is 13.0 Å². The van der Waals surface area contributed by atoms with Crippen LogP contribution in [-0.2, 0) is 4.79 Å². The molecule has 0 aliphatic carbocycles. The van der Waals surface area contributed by atoms with Gasteiger partial charge in [-0.3, -0.25) is 4.79 Å². The smallest absolute Gasteiger partial charge is 0.255 e. The minimum absolute atomic E-state index is 0.266. The zero-order valence-electron chi connectivity index (χ0n) is 13.3. The molecule has 0 saturated heterocycles. The lowest BCUT2D eigenvalue weighted by Crippen LogP contribution is -2.45. The summed E-state index contributed by atoms with van der Waals surface area (Å²) in [5.41, 5.74) is 2.60. The quantitative estimate of drug-likeness (QED) is 0.677. The van der Waals surface area contributed by atoms with Crippen LogP contribution >= 0.6 is 35.4 Å². The van der Waals surface area contributed by atoms with Crippen LogP contribution in [-0.4, -0.2) is 11.0 Å². The topological polar surface area (TPSA) is 53.2 Å². The molecule has 0 unspecified atom stereocenters. The Morgan fingerprint density at radius 1 is 1.16 bits per heavy atom. The minimum atomic E-state index is -0.407. The van der Waals surface area contributed by atoms with Gasteiger partial charge in [0.05, 0.1) is 22.3 Å². The number of hydrogen-bond donors (Lipinski definition) is 3. The molecule has 0 saturated carbocycles. The predicted octanol–water partition coefficient (Wildman–Crippen LogP) is 4.42. The number of benzene rings is 2. The molecule has 128 valence electrons. The molecule has 0 aromatic heterocycles. The van der Waals surface area contributed by atoms with Crippen molar-refractivity contribution >= 4 is 52.1 Å². The molecule has 3 N–H and O–H groups in total. The van der Waals surface area contributed by atoms with E-state index in [0.717, 1.165) is 5.56 Å². The van der Waals surface area contributed by atoms with Crippen LogP contribution in [0.15, 0.2) is 59.8 Å². The molecule has 25 heavy (non-hydrogen) atoms. The first-order valence-corrected chi connectivity index (χ1v) is 8.72. The molecular formula is C18H15Cl2N3OS. The van der Waals surface area contributed by atoms with Crippen LogP contribution in [0.3, 0.4) is 0 Å². The number of para-hydroxylation sites is 1. The SMILES string of the molecule is CC1=C(C(=O)Nc2ccccc2Cl)[C@H](c2cccc(Cl)c2)NC(=S)N1. The number of hydrogen-bond acceptors (Lipinski definition) is 2. The van der Waals surface area contributed by atoms with Crippen LogP contribution in [0, 0.1) is 0 Å². The third kappa shape index (κ3) is 3.95. The van der Waals surface area contributed by atoms with Gasteiger partial charge in [-0.25, -0.2) is 0 Å². The maximum absolute atomic E-state index is 12.9. The molecule has 1 amide bonds.